The van der Waals surface area contributed by atoms with Crippen LogP contribution in [0.1, 0.15) is 36.6 Å². The average Bonchev–Trinajstić information content (AvgIpc) is 2.86. The molecule has 2 unspecified atom stereocenters. The van der Waals surface area contributed by atoms with E-state index in [0.29, 0.717) is 22.2 Å². The number of nitrogens with zero attached hydrogens (tertiary/aromatic N) is 2. The molecule has 114 valence electrons. The zero-order valence-corrected chi connectivity index (χ0v) is 13.6. The normalized spacial score (nSPS) is 14.1. The molecule has 0 amide bonds. The van der Waals surface area contributed by atoms with Gasteiger partial charge in [0.05, 0.1) is 12.3 Å². The Balaban J connectivity index is 2.00. The molecule has 0 spiro atoms. The van der Waals surface area contributed by atoms with Gasteiger partial charge in [0.15, 0.2) is 0 Å². The van der Waals surface area contributed by atoms with Gasteiger partial charge in [0.1, 0.15) is 0 Å². The monoisotopic (exact) mass is 327 g/mol. The number of halogens is 2. The molecule has 2 rings (SSSR count). The first kappa shape index (κ1) is 16.3. The fourth-order valence-electron chi connectivity index (χ4n) is 2.25. The lowest BCUT2D eigenvalue weighted by Crippen LogP contribution is -2.26. The summed E-state index contributed by atoms with van der Waals surface area (Å²) in [5.41, 5.74) is 1.78. The molecule has 2 atom stereocenters. The second-order valence-electron chi connectivity index (χ2n) is 5.00. The number of nitrogens with one attached hydrogen (secondary N) is 1. The van der Waals surface area contributed by atoms with Crippen molar-refractivity contribution in [2.45, 2.75) is 25.5 Å². The Kier molecular flexibility index (Phi) is 5.65. The number of aliphatic hydroxyl groups excluding tert-OH is 1. The lowest BCUT2D eigenvalue weighted by molar-refractivity contribution is 0.169. The van der Waals surface area contributed by atoms with Crippen LogP contribution in [-0.2, 0) is 7.05 Å². The fraction of sp³-hybridized carbons (Fsp3) is 0.400. The van der Waals surface area contributed by atoms with Crippen LogP contribution in [0.15, 0.2) is 30.6 Å². The van der Waals surface area contributed by atoms with Crippen molar-refractivity contribution in [3.8, 4) is 0 Å². The summed E-state index contributed by atoms with van der Waals surface area (Å²) in [6, 6.07) is 5.27. The van der Waals surface area contributed by atoms with E-state index in [1.165, 1.54) is 0 Å². The van der Waals surface area contributed by atoms with E-state index >= 15 is 0 Å². The summed E-state index contributed by atoms with van der Waals surface area (Å²) in [4.78, 5) is 0. The maximum Gasteiger partial charge on any atom is 0.0928 e. The van der Waals surface area contributed by atoms with Crippen molar-refractivity contribution in [1.82, 2.24) is 15.1 Å². The minimum absolute atomic E-state index is 0.152. The first-order chi connectivity index (χ1) is 10.0. The van der Waals surface area contributed by atoms with Gasteiger partial charge in [0.2, 0.25) is 0 Å². The number of aromatic nitrogens is 2. The van der Waals surface area contributed by atoms with Crippen LogP contribution in [0.4, 0.5) is 0 Å². The molecule has 2 N–H and O–H groups in total. The van der Waals surface area contributed by atoms with Crippen LogP contribution in [0.3, 0.4) is 0 Å². The summed E-state index contributed by atoms with van der Waals surface area (Å²) in [6.07, 6.45) is 4.04. The third kappa shape index (κ3) is 4.20. The quantitative estimate of drug-likeness (QED) is 0.853. The molecule has 0 saturated carbocycles. The third-order valence-electron chi connectivity index (χ3n) is 3.41. The molecule has 21 heavy (non-hydrogen) atoms. The van der Waals surface area contributed by atoms with E-state index in [4.69, 9.17) is 23.2 Å². The van der Waals surface area contributed by atoms with Gasteiger partial charge in [-0.05, 0) is 18.6 Å². The predicted octanol–water partition coefficient (Wildman–Crippen LogP) is 3.50. The SMILES string of the molecule is CCC(NCC(O)c1ccc(Cl)cc1Cl)c1cnn(C)c1. The van der Waals surface area contributed by atoms with E-state index in [1.54, 1.807) is 22.9 Å². The van der Waals surface area contributed by atoms with E-state index in [9.17, 15) is 5.11 Å². The third-order valence-corrected chi connectivity index (χ3v) is 3.98. The fourth-order valence-corrected chi connectivity index (χ4v) is 2.79. The Morgan fingerprint density at radius 2 is 2.14 bits per heavy atom. The smallest absolute Gasteiger partial charge is 0.0928 e. The Labute approximate surface area is 134 Å². The van der Waals surface area contributed by atoms with E-state index in [1.807, 2.05) is 19.4 Å². The molecule has 1 heterocycles. The van der Waals surface area contributed by atoms with Crippen LogP contribution in [0.25, 0.3) is 0 Å². The highest BCUT2D eigenvalue weighted by atomic mass is 35.5. The summed E-state index contributed by atoms with van der Waals surface area (Å²) in [5.74, 6) is 0. The van der Waals surface area contributed by atoms with Gasteiger partial charge in [-0.25, -0.2) is 0 Å². The molecule has 1 aromatic heterocycles. The van der Waals surface area contributed by atoms with Crippen LogP contribution in [-0.4, -0.2) is 21.4 Å². The molecule has 0 saturated heterocycles. The minimum Gasteiger partial charge on any atom is -0.387 e. The molecule has 1 aromatic carbocycles. The zero-order valence-electron chi connectivity index (χ0n) is 12.1. The van der Waals surface area contributed by atoms with Crippen LogP contribution in [0.2, 0.25) is 10.0 Å². The Morgan fingerprint density at radius 3 is 2.71 bits per heavy atom. The molecular weight excluding hydrogens is 309 g/mol. The summed E-state index contributed by atoms with van der Waals surface area (Å²) < 4.78 is 1.77. The first-order valence-corrected chi connectivity index (χ1v) is 7.61. The van der Waals surface area contributed by atoms with Crippen molar-refractivity contribution in [2.75, 3.05) is 6.54 Å². The van der Waals surface area contributed by atoms with Gasteiger partial charge in [-0.15, -0.1) is 0 Å². The summed E-state index contributed by atoms with van der Waals surface area (Å²) in [6.45, 7) is 2.50. The molecule has 0 bridgehead atoms. The van der Waals surface area contributed by atoms with Crippen molar-refractivity contribution < 1.29 is 5.11 Å². The standard InChI is InChI=1S/C15H19Cl2N3O/c1-3-14(10-7-19-20(2)9-10)18-8-15(21)12-5-4-11(16)6-13(12)17/h4-7,9,14-15,18,21H,3,8H2,1-2H3. The summed E-state index contributed by atoms with van der Waals surface area (Å²) in [7, 11) is 1.89. The highest BCUT2D eigenvalue weighted by Gasteiger charge is 2.16. The van der Waals surface area contributed by atoms with E-state index in [2.05, 4.69) is 17.3 Å². The topological polar surface area (TPSA) is 50.1 Å². The van der Waals surface area contributed by atoms with Gasteiger partial charge in [-0.3, -0.25) is 4.68 Å². The van der Waals surface area contributed by atoms with Crippen LogP contribution in [0, 0.1) is 0 Å². The lowest BCUT2D eigenvalue weighted by atomic mass is 10.1. The minimum atomic E-state index is -0.680. The molecular formula is C15H19Cl2N3O. The second kappa shape index (κ2) is 7.27. The van der Waals surface area contributed by atoms with Crippen LogP contribution in [0.5, 0.6) is 0 Å². The van der Waals surface area contributed by atoms with Crippen LogP contribution < -0.4 is 5.32 Å². The molecule has 0 aliphatic rings. The second-order valence-corrected chi connectivity index (χ2v) is 5.84. The van der Waals surface area contributed by atoms with Crippen molar-refractivity contribution >= 4 is 23.2 Å². The molecule has 0 radical (unpaired) electrons. The maximum absolute atomic E-state index is 10.3. The highest BCUT2D eigenvalue weighted by molar-refractivity contribution is 6.35. The number of aryl methyl sites for hydroxylation is 1. The van der Waals surface area contributed by atoms with Gasteiger partial charge in [-0.2, -0.15) is 5.10 Å². The molecule has 4 nitrogen and oxygen atoms in total. The molecule has 0 aliphatic heterocycles. The number of hydrogen-bond donors (Lipinski definition) is 2. The van der Waals surface area contributed by atoms with E-state index in [-0.39, 0.29) is 6.04 Å². The summed E-state index contributed by atoms with van der Waals surface area (Å²) >= 11 is 12.0. The Morgan fingerprint density at radius 1 is 1.38 bits per heavy atom. The highest BCUT2D eigenvalue weighted by Crippen LogP contribution is 2.26. The Hall–Kier alpha value is -1.07. The lowest BCUT2D eigenvalue weighted by Gasteiger charge is -2.19. The number of hydrogen-bond acceptors (Lipinski definition) is 3. The van der Waals surface area contributed by atoms with Crippen LogP contribution >= 0.6 is 23.2 Å². The molecule has 0 fully saturated rings. The van der Waals surface area contributed by atoms with Gasteiger partial charge in [0.25, 0.3) is 0 Å². The Bertz CT molecular complexity index is 600. The molecule has 0 aliphatic carbocycles. The zero-order chi connectivity index (χ0) is 15.4. The van der Waals surface area contributed by atoms with Gasteiger partial charge >= 0.3 is 0 Å². The van der Waals surface area contributed by atoms with Crippen molar-refractivity contribution in [3.05, 3.63) is 51.8 Å². The maximum atomic E-state index is 10.3. The predicted molar refractivity (Wildman–Crippen MR) is 85.7 cm³/mol. The number of benzene rings is 1. The van der Waals surface area contributed by atoms with Gasteiger partial charge < -0.3 is 10.4 Å². The van der Waals surface area contributed by atoms with Crippen molar-refractivity contribution in [3.63, 3.8) is 0 Å². The average molecular weight is 328 g/mol. The van der Waals surface area contributed by atoms with E-state index < -0.39 is 6.10 Å². The number of rotatable bonds is 6. The van der Waals surface area contributed by atoms with Gasteiger partial charge in [0, 0.05) is 47.0 Å². The van der Waals surface area contributed by atoms with E-state index in [0.717, 1.165) is 12.0 Å². The largest absolute Gasteiger partial charge is 0.387 e. The van der Waals surface area contributed by atoms with Crippen molar-refractivity contribution in [1.29, 1.82) is 0 Å². The molecule has 6 heteroatoms. The van der Waals surface area contributed by atoms with Gasteiger partial charge in [-0.1, -0.05) is 36.2 Å². The first-order valence-electron chi connectivity index (χ1n) is 6.86. The summed E-state index contributed by atoms with van der Waals surface area (Å²) in [5, 5.41) is 18.8. The molecule has 2 aromatic rings. The number of aliphatic hydroxyl groups is 1. The van der Waals surface area contributed by atoms with Crippen molar-refractivity contribution in [2.24, 2.45) is 7.05 Å².